The summed E-state index contributed by atoms with van der Waals surface area (Å²) in [6, 6.07) is 7.52. The molecule has 7 nitrogen and oxygen atoms in total. The van der Waals surface area contributed by atoms with Gasteiger partial charge < -0.3 is 4.90 Å². The van der Waals surface area contributed by atoms with Gasteiger partial charge in [-0.25, -0.2) is 4.85 Å². The quantitative estimate of drug-likeness (QED) is 0.567. The summed E-state index contributed by atoms with van der Waals surface area (Å²) in [5, 5.41) is 0. The van der Waals surface area contributed by atoms with E-state index in [0.29, 0.717) is 5.69 Å². The molecule has 8 heteroatoms. The molecular weight excluding hydrogens is 328 g/mol. The van der Waals surface area contributed by atoms with Gasteiger partial charge in [-0.3, -0.25) is 0 Å². The van der Waals surface area contributed by atoms with Crippen molar-refractivity contribution in [1.29, 1.82) is 0 Å². The van der Waals surface area contributed by atoms with Crippen molar-refractivity contribution >= 4 is 11.4 Å². The van der Waals surface area contributed by atoms with E-state index < -0.39 is 0 Å². The minimum absolute atomic E-state index is 0. The van der Waals surface area contributed by atoms with Crippen molar-refractivity contribution in [2.24, 2.45) is 0 Å². The third-order valence-corrected chi connectivity index (χ3v) is 1.50. The summed E-state index contributed by atoms with van der Waals surface area (Å²) >= 11 is 0. The van der Waals surface area contributed by atoms with Gasteiger partial charge in [0.05, 0.1) is 6.57 Å². The van der Waals surface area contributed by atoms with E-state index in [1.165, 1.54) is 0 Å². The summed E-state index contributed by atoms with van der Waals surface area (Å²) in [4.78, 5) is 5.31. The van der Waals surface area contributed by atoms with Crippen molar-refractivity contribution in [1.82, 2.24) is 0 Å². The molecule has 0 N–H and O–H groups in total. The maximum atomic E-state index is 7.50. The number of hydrogen-bond acceptors (Lipinski definition) is 1. The molecule has 0 aliphatic carbocycles. The molecule has 1 aromatic rings. The van der Waals surface area contributed by atoms with Gasteiger partial charge in [-0.15, -0.1) is 0 Å². The maximum Gasteiger partial charge on any atom is 0 e. The average Bonchev–Trinajstić information content (AvgIpc) is 2.63. The molecule has 0 aromatic heterocycles. The van der Waals surface area contributed by atoms with E-state index in [0.717, 1.165) is 5.69 Å². The first-order valence-corrected chi connectivity index (χ1v) is 4.41. The Morgan fingerprint density at radius 1 is 0.727 bits per heavy atom. The molecule has 0 fully saturated rings. The molecule has 0 spiro atoms. The van der Waals surface area contributed by atoms with Crippen molar-refractivity contribution in [3.63, 3.8) is 0 Å². The van der Waals surface area contributed by atoms with Crippen molar-refractivity contribution in [2.75, 3.05) is 19.0 Å². The van der Waals surface area contributed by atoms with Crippen LogP contribution < -0.4 is 4.90 Å². The Morgan fingerprint density at radius 2 is 1.00 bits per heavy atom. The van der Waals surface area contributed by atoms with Gasteiger partial charge in [0, 0.05) is 37.1 Å². The van der Waals surface area contributed by atoms with E-state index in [9.17, 15) is 0 Å². The Morgan fingerprint density at radius 3 is 1.18 bits per heavy atom. The minimum Gasteiger partial charge on any atom is 0 e. The van der Waals surface area contributed by atoms with E-state index in [4.69, 9.17) is 29.8 Å². The van der Waals surface area contributed by atoms with Crippen LogP contribution in [-0.2, 0) is 40.6 Å². The summed E-state index contributed by atoms with van der Waals surface area (Å²) in [5.41, 5.74) is 1.81. The van der Waals surface area contributed by atoms with Crippen molar-refractivity contribution in [2.45, 2.75) is 0 Å². The van der Waals surface area contributed by atoms with Gasteiger partial charge in [0.25, 0.3) is 0 Å². The molecule has 0 aliphatic heterocycles. The van der Waals surface area contributed by atoms with E-state index in [2.05, 4.69) is 38.1 Å². The largest absolute Gasteiger partial charge is 0 e. The fraction of sp³-hybridized carbons (Fsp3) is 0.143. The van der Waals surface area contributed by atoms with E-state index in [1.807, 2.05) is 43.3 Å². The van der Waals surface area contributed by atoms with Gasteiger partial charge in [0.2, 0.25) is 0 Å². The predicted octanol–water partition coefficient (Wildman–Crippen LogP) is 2.11. The molecule has 0 atom stereocenters. The first kappa shape index (κ1) is 36.7. The normalized spacial score (nSPS) is 4.86. The molecule has 0 aliphatic rings. The predicted molar refractivity (Wildman–Crippen MR) is 66.7 cm³/mol. The average molecular weight is 338 g/mol. The van der Waals surface area contributed by atoms with Crippen LogP contribution in [0.15, 0.2) is 24.3 Å². The van der Waals surface area contributed by atoms with Crippen LogP contribution in [0, 0.1) is 39.8 Å². The summed E-state index contributed by atoms with van der Waals surface area (Å²) in [7, 11) is 3.96. The van der Waals surface area contributed by atoms with Crippen LogP contribution >= 0.6 is 0 Å². The summed E-state index contributed by atoms with van der Waals surface area (Å²) in [5.74, 6) is 0. The molecule has 0 radical (unpaired) electrons. The Kier molecular flexibility index (Phi) is 71.4. The van der Waals surface area contributed by atoms with Crippen LogP contribution in [0.2, 0.25) is 0 Å². The molecular formula is C14H10CrN2O5. The van der Waals surface area contributed by atoms with Crippen LogP contribution in [0.5, 0.6) is 0 Å². The van der Waals surface area contributed by atoms with Gasteiger partial charge in [-0.2, -0.15) is 0 Å². The Balaban J connectivity index is -0.0000000500. The smallest absolute Gasteiger partial charge is 0 e. The summed E-state index contributed by atoms with van der Waals surface area (Å²) in [6.45, 7) is 29.2. The topological polar surface area (TPSA) is 107 Å². The molecule has 0 unspecified atom stereocenters. The fourth-order valence-electron chi connectivity index (χ4n) is 0.825. The monoisotopic (exact) mass is 338 g/mol. The van der Waals surface area contributed by atoms with E-state index in [-0.39, 0.29) is 17.4 Å². The first-order chi connectivity index (χ1) is 10.2. The minimum atomic E-state index is 0. The van der Waals surface area contributed by atoms with Crippen LogP contribution in [-0.4, -0.2) is 14.1 Å². The second-order valence-corrected chi connectivity index (χ2v) is 2.52. The second-order valence-electron chi connectivity index (χ2n) is 2.52. The number of benzene rings is 1. The van der Waals surface area contributed by atoms with Crippen molar-refractivity contribution in [3.8, 4) is 0 Å². The molecule has 0 bridgehead atoms. The SMILES string of the molecule is [C-]#[N+]c1ccc(N(C)C)cc1.[C-]#[O+].[C-]#[O+].[C-]#[O+].[C-]#[O+].[C-]#[O+].[Cr]. The fourth-order valence-corrected chi connectivity index (χ4v) is 0.825. The van der Waals surface area contributed by atoms with Crippen LogP contribution in [0.4, 0.5) is 11.4 Å². The molecule has 0 saturated heterocycles. The molecule has 22 heavy (non-hydrogen) atoms. The molecule has 112 valence electrons. The van der Waals surface area contributed by atoms with Crippen molar-refractivity contribution in [3.05, 3.63) is 68.9 Å². The Hall–Kier alpha value is -2.26. The third kappa shape index (κ3) is 26.3. The number of rotatable bonds is 1. The first-order valence-electron chi connectivity index (χ1n) is 4.41. The van der Waals surface area contributed by atoms with Gasteiger partial charge in [-0.05, 0) is 12.1 Å². The van der Waals surface area contributed by atoms with Gasteiger partial charge in [0.15, 0.2) is 5.69 Å². The maximum absolute atomic E-state index is 7.50. The van der Waals surface area contributed by atoms with E-state index in [1.54, 1.807) is 0 Å². The zero-order valence-electron chi connectivity index (χ0n) is 11.7. The van der Waals surface area contributed by atoms with Crippen LogP contribution in [0.1, 0.15) is 0 Å². The number of hydrogen-bond donors (Lipinski definition) is 0. The molecule has 1 rings (SSSR count). The van der Waals surface area contributed by atoms with Crippen LogP contribution in [0.25, 0.3) is 4.85 Å². The number of anilines is 1. The van der Waals surface area contributed by atoms with Crippen LogP contribution in [0.3, 0.4) is 0 Å². The Labute approximate surface area is 140 Å². The van der Waals surface area contributed by atoms with E-state index >= 15 is 0 Å². The standard InChI is InChI=1S/C9H10N2.5CO.Cr/c1-10-8-4-6-9(7-5-8)11(2)3;5*1-2;/h4-7H,2-3H3;;;;;;. The zero-order chi connectivity index (χ0) is 18.3. The van der Waals surface area contributed by atoms with Gasteiger partial charge in [-0.1, -0.05) is 12.1 Å². The second kappa shape index (κ2) is 42.8. The molecule has 1 aromatic carbocycles. The molecule has 0 amide bonds. The Bertz CT molecular complexity index is 432. The summed E-state index contributed by atoms with van der Waals surface area (Å²) < 4.78 is 37.5. The molecule has 0 saturated carbocycles. The third-order valence-electron chi connectivity index (χ3n) is 1.50. The summed E-state index contributed by atoms with van der Waals surface area (Å²) in [6.07, 6.45) is 0. The zero-order valence-corrected chi connectivity index (χ0v) is 12.9. The van der Waals surface area contributed by atoms with Gasteiger partial charge in [0.1, 0.15) is 0 Å². The number of nitrogens with zero attached hydrogens (tertiary/aromatic N) is 2. The molecule has 0 heterocycles. The van der Waals surface area contributed by atoms with Gasteiger partial charge >= 0.3 is 56.5 Å². The van der Waals surface area contributed by atoms with Crippen molar-refractivity contribution < 1.29 is 40.6 Å².